The van der Waals surface area contributed by atoms with E-state index in [1.807, 2.05) is 32.6 Å². The molecule has 0 radical (unpaired) electrons. The van der Waals surface area contributed by atoms with E-state index in [1.165, 1.54) is 0 Å². The first kappa shape index (κ1) is 27.0. The van der Waals surface area contributed by atoms with Crippen molar-refractivity contribution >= 4 is 20.2 Å². The zero-order valence-corrected chi connectivity index (χ0v) is 22.8. The average Bonchev–Trinajstić information content (AvgIpc) is 3.42. The second-order valence-corrected chi connectivity index (χ2v) is 11.5. The Kier molecular flexibility index (Phi) is 10.3. The third-order valence-corrected chi connectivity index (χ3v) is 5.09. The Morgan fingerprint density at radius 2 is 0.938 bits per heavy atom. The standard InChI is InChI=1S/C23H36N6.2ClH.Mn/c1-17(2)14-20-8-11-27(24-20)23(7,28-12-9-21(25-28)15-18(3)4)29-13-10-22(26-29)16-19(5)6;;;/h8-13,17-19H,14-16H2,1-7H3;2*1H;/q;;;+2/p-2. The molecule has 0 aliphatic rings. The second-order valence-electron chi connectivity index (χ2n) is 9.57. The molecule has 0 saturated carbocycles. The molecule has 0 saturated heterocycles. The summed E-state index contributed by atoms with van der Waals surface area (Å²) in [6.45, 7) is 15.4. The maximum atomic E-state index is 4.91. The van der Waals surface area contributed by atoms with Gasteiger partial charge in [-0.25, -0.2) is 14.0 Å². The minimum atomic E-state index is -0.681. The molecule has 0 aromatic carbocycles. The van der Waals surface area contributed by atoms with E-state index in [2.05, 4.69) is 66.7 Å². The van der Waals surface area contributed by atoms with Crippen molar-refractivity contribution in [3.63, 3.8) is 0 Å². The van der Waals surface area contributed by atoms with E-state index in [-0.39, 0.29) is 13.1 Å². The molecule has 3 aromatic heterocycles. The number of hydrogen-bond acceptors (Lipinski definition) is 3. The Labute approximate surface area is 207 Å². The molecule has 3 heterocycles. The third kappa shape index (κ3) is 7.11. The SMILES string of the molecule is CC(C)Cc1ccn(C(C)(n2ccc(CC(C)C)n2)n2ccc(CC(C)C)n2)n1.[Cl][Mn][Cl]. The molecular formula is C23H36Cl2MnN6. The summed E-state index contributed by atoms with van der Waals surface area (Å²) in [6, 6.07) is 6.32. The van der Waals surface area contributed by atoms with Gasteiger partial charge in [0.1, 0.15) is 0 Å². The van der Waals surface area contributed by atoms with Crippen molar-refractivity contribution in [2.24, 2.45) is 17.8 Å². The molecule has 3 aromatic rings. The van der Waals surface area contributed by atoms with Crippen LogP contribution in [0.3, 0.4) is 0 Å². The Morgan fingerprint density at radius 3 is 1.16 bits per heavy atom. The second kappa shape index (κ2) is 12.3. The molecule has 0 aliphatic heterocycles. The van der Waals surface area contributed by atoms with Gasteiger partial charge in [0.15, 0.2) is 0 Å². The first-order valence-corrected chi connectivity index (χ1v) is 14.4. The maximum absolute atomic E-state index is 4.91. The normalized spacial score (nSPS) is 12.0. The van der Waals surface area contributed by atoms with E-state index in [4.69, 9.17) is 35.5 Å². The number of hydrogen-bond donors (Lipinski definition) is 0. The van der Waals surface area contributed by atoms with Crippen molar-refractivity contribution in [3.8, 4) is 0 Å². The minimum absolute atomic E-state index is 0.00694. The van der Waals surface area contributed by atoms with Crippen molar-refractivity contribution in [1.82, 2.24) is 29.3 Å². The fourth-order valence-electron chi connectivity index (χ4n) is 3.69. The molecular weight excluding hydrogens is 486 g/mol. The predicted molar refractivity (Wildman–Crippen MR) is 128 cm³/mol. The Balaban J connectivity index is 0.00000114. The van der Waals surface area contributed by atoms with Gasteiger partial charge in [0.05, 0.1) is 17.1 Å². The molecule has 0 unspecified atom stereocenters. The fourth-order valence-corrected chi connectivity index (χ4v) is 3.69. The van der Waals surface area contributed by atoms with Crippen LogP contribution in [-0.4, -0.2) is 29.3 Å². The van der Waals surface area contributed by atoms with Gasteiger partial charge in [-0.3, -0.25) is 0 Å². The van der Waals surface area contributed by atoms with Gasteiger partial charge in [0, 0.05) is 25.5 Å². The zero-order valence-electron chi connectivity index (χ0n) is 20.1. The topological polar surface area (TPSA) is 53.5 Å². The number of halogens is 2. The van der Waals surface area contributed by atoms with Crippen LogP contribution in [0, 0.1) is 17.8 Å². The van der Waals surface area contributed by atoms with Crippen LogP contribution in [0.15, 0.2) is 36.8 Å². The molecule has 6 nitrogen and oxygen atoms in total. The summed E-state index contributed by atoms with van der Waals surface area (Å²) in [7, 11) is 9.59. The molecule has 0 bridgehead atoms. The van der Waals surface area contributed by atoms with Crippen molar-refractivity contribution in [2.75, 3.05) is 0 Å². The van der Waals surface area contributed by atoms with Gasteiger partial charge >= 0.3 is 33.3 Å². The summed E-state index contributed by atoms with van der Waals surface area (Å²) < 4.78 is 5.97. The quantitative estimate of drug-likeness (QED) is 0.325. The van der Waals surface area contributed by atoms with Crippen LogP contribution in [0.4, 0.5) is 0 Å². The van der Waals surface area contributed by atoms with Crippen molar-refractivity contribution in [3.05, 3.63) is 53.9 Å². The summed E-state index contributed by atoms with van der Waals surface area (Å²) in [6.07, 6.45) is 9.01. The molecule has 0 spiro atoms. The molecule has 179 valence electrons. The molecule has 0 aliphatic carbocycles. The molecule has 0 N–H and O–H groups in total. The van der Waals surface area contributed by atoms with Gasteiger partial charge < -0.3 is 0 Å². The van der Waals surface area contributed by atoms with Crippen LogP contribution in [0.5, 0.6) is 0 Å². The Morgan fingerprint density at radius 1 is 0.688 bits per heavy atom. The van der Waals surface area contributed by atoms with Gasteiger partial charge in [-0.1, -0.05) is 41.5 Å². The van der Waals surface area contributed by atoms with Crippen LogP contribution in [0.25, 0.3) is 0 Å². The molecule has 0 fully saturated rings. The molecule has 0 atom stereocenters. The fraction of sp³-hybridized carbons (Fsp3) is 0.609. The monoisotopic (exact) mass is 521 g/mol. The molecule has 0 amide bonds. The molecule has 3 rings (SSSR count). The summed E-state index contributed by atoms with van der Waals surface area (Å²) in [5, 5.41) is 14.7. The van der Waals surface area contributed by atoms with Crippen LogP contribution >= 0.6 is 20.2 Å². The first-order chi connectivity index (χ1) is 15.1. The number of nitrogens with zero attached hydrogens (tertiary/aromatic N) is 6. The average molecular weight is 522 g/mol. The van der Waals surface area contributed by atoms with Crippen LogP contribution in [-0.2, 0) is 38.2 Å². The Bertz CT molecular complexity index is 826. The number of aromatic nitrogens is 6. The van der Waals surface area contributed by atoms with Crippen LogP contribution in [0.2, 0.25) is 0 Å². The Hall–Kier alpha value is -1.27. The van der Waals surface area contributed by atoms with Gasteiger partial charge in [0.25, 0.3) is 0 Å². The van der Waals surface area contributed by atoms with E-state index in [0.717, 1.165) is 36.3 Å². The van der Waals surface area contributed by atoms with Gasteiger partial charge in [-0.2, -0.15) is 15.3 Å². The van der Waals surface area contributed by atoms with E-state index < -0.39 is 5.79 Å². The van der Waals surface area contributed by atoms with E-state index in [9.17, 15) is 0 Å². The predicted octanol–water partition coefficient (Wildman–Crippen LogP) is 5.97. The van der Waals surface area contributed by atoms with E-state index in [0.29, 0.717) is 17.8 Å². The summed E-state index contributed by atoms with van der Waals surface area (Å²) in [5.74, 6) is 1.01. The van der Waals surface area contributed by atoms with Gasteiger partial charge in [-0.05, 0) is 55.2 Å². The van der Waals surface area contributed by atoms with E-state index >= 15 is 0 Å². The van der Waals surface area contributed by atoms with Crippen LogP contribution < -0.4 is 0 Å². The van der Waals surface area contributed by atoms with Crippen molar-refractivity contribution in [1.29, 1.82) is 0 Å². The van der Waals surface area contributed by atoms with Crippen LogP contribution in [0.1, 0.15) is 65.5 Å². The van der Waals surface area contributed by atoms with Gasteiger partial charge in [-0.15, -0.1) is 0 Å². The first-order valence-electron chi connectivity index (χ1n) is 11.1. The number of rotatable bonds is 9. The molecule has 9 heteroatoms. The third-order valence-electron chi connectivity index (χ3n) is 5.09. The van der Waals surface area contributed by atoms with Crippen molar-refractivity contribution in [2.45, 2.75) is 73.5 Å². The van der Waals surface area contributed by atoms with E-state index in [1.54, 1.807) is 0 Å². The summed E-state index contributed by atoms with van der Waals surface area (Å²) in [4.78, 5) is 0. The van der Waals surface area contributed by atoms with Crippen molar-refractivity contribution < 1.29 is 13.1 Å². The van der Waals surface area contributed by atoms with Gasteiger partial charge in [0.2, 0.25) is 5.79 Å². The summed E-state index contributed by atoms with van der Waals surface area (Å²) in [5.41, 5.74) is 3.28. The summed E-state index contributed by atoms with van der Waals surface area (Å²) >= 11 is 0.00694. The molecule has 32 heavy (non-hydrogen) atoms. The zero-order chi connectivity index (χ0) is 23.9.